The van der Waals surface area contributed by atoms with Gasteiger partial charge in [-0.3, -0.25) is 9.79 Å². The van der Waals surface area contributed by atoms with Gasteiger partial charge in [-0.25, -0.2) is 0 Å². The van der Waals surface area contributed by atoms with Crippen molar-refractivity contribution in [1.29, 1.82) is 0 Å². The van der Waals surface area contributed by atoms with Crippen molar-refractivity contribution in [2.24, 2.45) is 4.99 Å². The summed E-state index contributed by atoms with van der Waals surface area (Å²) < 4.78 is 0. The summed E-state index contributed by atoms with van der Waals surface area (Å²) in [6.45, 7) is 2.77. The molecule has 3 N–H and O–H groups in total. The zero-order chi connectivity index (χ0) is 16.9. The Bertz CT molecular complexity index is 615. The van der Waals surface area contributed by atoms with Crippen LogP contribution in [0.2, 0.25) is 0 Å². The van der Waals surface area contributed by atoms with Crippen molar-refractivity contribution in [3.05, 3.63) is 29.8 Å². The molecular weight excluding hydrogens is 302 g/mol. The van der Waals surface area contributed by atoms with Crippen molar-refractivity contribution in [3.63, 3.8) is 0 Å². The number of guanidine groups is 1. The number of rotatable bonds is 4. The summed E-state index contributed by atoms with van der Waals surface area (Å²) in [5.41, 5.74) is 2.12. The molecule has 0 spiro atoms. The third-order valence-corrected chi connectivity index (χ3v) is 5.02. The largest absolute Gasteiger partial charge is 0.356 e. The van der Waals surface area contributed by atoms with E-state index in [4.69, 9.17) is 0 Å². The number of hydrogen-bond acceptors (Lipinski definition) is 3. The van der Waals surface area contributed by atoms with E-state index in [1.807, 2.05) is 18.2 Å². The van der Waals surface area contributed by atoms with Crippen LogP contribution < -0.4 is 16.0 Å². The van der Waals surface area contributed by atoms with E-state index in [1.165, 1.54) is 24.9 Å². The lowest BCUT2D eigenvalue weighted by Crippen LogP contribution is -2.45. The molecule has 0 aromatic heterocycles. The highest BCUT2D eigenvalue weighted by atomic mass is 16.1. The molecule has 3 rings (SSSR count). The molecule has 2 unspecified atom stereocenters. The summed E-state index contributed by atoms with van der Waals surface area (Å²) in [7, 11) is 3.96. The van der Waals surface area contributed by atoms with Gasteiger partial charge in [0.05, 0.1) is 0 Å². The maximum absolute atomic E-state index is 11.9. The number of para-hydroxylation sites is 1. The predicted molar refractivity (Wildman–Crippen MR) is 97.4 cm³/mol. The third kappa shape index (κ3) is 3.87. The van der Waals surface area contributed by atoms with E-state index in [1.54, 1.807) is 7.05 Å². The van der Waals surface area contributed by atoms with Gasteiger partial charge >= 0.3 is 0 Å². The van der Waals surface area contributed by atoms with Crippen molar-refractivity contribution in [1.82, 2.24) is 15.5 Å². The smallest absolute Gasteiger partial charge is 0.225 e. The quantitative estimate of drug-likeness (QED) is 0.576. The van der Waals surface area contributed by atoms with E-state index >= 15 is 0 Å². The topological polar surface area (TPSA) is 68.8 Å². The van der Waals surface area contributed by atoms with Gasteiger partial charge in [-0.15, -0.1) is 0 Å². The van der Waals surface area contributed by atoms with Gasteiger partial charge in [-0.05, 0) is 38.1 Å². The first kappa shape index (κ1) is 16.8. The minimum absolute atomic E-state index is 0.0797. The molecule has 0 bridgehead atoms. The van der Waals surface area contributed by atoms with Crippen molar-refractivity contribution >= 4 is 17.6 Å². The van der Waals surface area contributed by atoms with Gasteiger partial charge in [0.25, 0.3) is 0 Å². The number of carbonyl (C=O) groups excluding carboxylic acids is 1. The van der Waals surface area contributed by atoms with Crippen LogP contribution >= 0.6 is 0 Å². The number of likely N-dealkylation sites (tertiary alicyclic amines) is 1. The second-order valence-corrected chi connectivity index (χ2v) is 6.65. The Morgan fingerprint density at radius 1 is 1.33 bits per heavy atom. The molecule has 6 heteroatoms. The zero-order valence-corrected chi connectivity index (χ0v) is 14.5. The van der Waals surface area contributed by atoms with Crippen LogP contribution in [0.3, 0.4) is 0 Å². The third-order valence-electron chi connectivity index (χ3n) is 5.02. The van der Waals surface area contributed by atoms with Crippen LogP contribution in [-0.2, 0) is 4.79 Å². The summed E-state index contributed by atoms with van der Waals surface area (Å²) in [6.07, 6.45) is 3.01. The maximum atomic E-state index is 11.9. The molecule has 1 saturated heterocycles. The number of anilines is 1. The van der Waals surface area contributed by atoms with Gasteiger partial charge in [-0.1, -0.05) is 18.2 Å². The summed E-state index contributed by atoms with van der Waals surface area (Å²) in [5.74, 6) is 1.05. The molecular formula is C18H27N5O. The fraction of sp³-hybridized carbons (Fsp3) is 0.556. The van der Waals surface area contributed by atoms with Gasteiger partial charge in [0, 0.05) is 44.2 Å². The Balaban J connectivity index is 1.55. The number of likely N-dealkylation sites (N-methyl/N-ethyl adjacent to an activating group) is 1. The van der Waals surface area contributed by atoms with Gasteiger partial charge in [0.2, 0.25) is 5.91 Å². The molecule has 24 heavy (non-hydrogen) atoms. The van der Waals surface area contributed by atoms with Gasteiger partial charge in [0.1, 0.15) is 0 Å². The van der Waals surface area contributed by atoms with Crippen molar-refractivity contribution in [2.45, 2.75) is 31.2 Å². The fourth-order valence-electron chi connectivity index (χ4n) is 3.58. The van der Waals surface area contributed by atoms with E-state index in [9.17, 15) is 4.79 Å². The van der Waals surface area contributed by atoms with Crippen LogP contribution in [0.25, 0.3) is 0 Å². The molecule has 1 fully saturated rings. The molecule has 0 aliphatic carbocycles. The maximum Gasteiger partial charge on any atom is 0.225 e. The van der Waals surface area contributed by atoms with Crippen LogP contribution in [0, 0.1) is 0 Å². The van der Waals surface area contributed by atoms with E-state index < -0.39 is 0 Å². The zero-order valence-electron chi connectivity index (χ0n) is 14.5. The van der Waals surface area contributed by atoms with Crippen molar-refractivity contribution < 1.29 is 4.79 Å². The van der Waals surface area contributed by atoms with Crippen LogP contribution in [0.4, 0.5) is 5.69 Å². The fourth-order valence-corrected chi connectivity index (χ4v) is 3.58. The number of amides is 1. The number of carbonyl (C=O) groups is 1. The average Bonchev–Trinajstić information content (AvgIpc) is 2.99. The highest BCUT2D eigenvalue weighted by molar-refractivity contribution is 5.94. The molecule has 130 valence electrons. The number of benzene rings is 1. The molecule has 2 aliphatic heterocycles. The van der Waals surface area contributed by atoms with E-state index in [2.05, 4.69) is 39.0 Å². The molecule has 2 atom stereocenters. The van der Waals surface area contributed by atoms with Gasteiger partial charge in [0.15, 0.2) is 5.96 Å². The average molecular weight is 329 g/mol. The number of aliphatic imine (C=N–C) groups is 1. The molecule has 2 aliphatic rings. The Morgan fingerprint density at radius 2 is 2.12 bits per heavy atom. The Labute approximate surface area is 143 Å². The summed E-state index contributed by atoms with van der Waals surface area (Å²) in [4.78, 5) is 18.6. The predicted octanol–water partition coefficient (Wildman–Crippen LogP) is 1.37. The van der Waals surface area contributed by atoms with Crippen LogP contribution in [0.5, 0.6) is 0 Å². The van der Waals surface area contributed by atoms with Crippen LogP contribution in [0.15, 0.2) is 29.3 Å². The molecule has 0 radical (unpaired) electrons. The second kappa shape index (κ2) is 7.66. The summed E-state index contributed by atoms with van der Waals surface area (Å²) in [5, 5.41) is 9.73. The minimum Gasteiger partial charge on any atom is -0.356 e. The van der Waals surface area contributed by atoms with E-state index in [0.717, 1.165) is 18.2 Å². The SMILES string of the molecule is CN=C(NCC1CC(=O)Nc2ccccc21)NCC1CCCN1C. The molecule has 2 heterocycles. The highest BCUT2D eigenvalue weighted by Crippen LogP contribution is 2.31. The number of hydrogen-bond donors (Lipinski definition) is 3. The van der Waals surface area contributed by atoms with Gasteiger partial charge in [-0.2, -0.15) is 0 Å². The van der Waals surface area contributed by atoms with Crippen LogP contribution in [0.1, 0.15) is 30.7 Å². The first-order chi connectivity index (χ1) is 11.7. The lowest BCUT2D eigenvalue weighted by atomic mass is 9.90. The second-order valence-electron chi connectivity index (χ2n) is 6.65. The number of fused-ring (bicyclic) bond motifs is 1. The van der Waals surface area contributed by atoms with Crippen LogP contribution in [-0.4, -0.2) is 56.5 Å². The highest BCUT2D eigenvalue weighted by Gasteiger charge is 2.25. The van der Waals surface area contributed by atoms with E-state index in [-0.39, 0.29) is 11.8 Å². The normalized spacial score (nSPS) is 24.4. The summed E-state index contributed by atoms with van der Waals surface area (Å²) >= 11 is 0. The van der Waals surface area contributed by atoms with Gasteiger partial charge < -0.3 is 20.9 Å². The van der Waals surface area contributed by atoms with Crippen molar-refractivity contribution in [3.8, 4) is 0 Å². The Hall–Kier alpha value is -2.08. The summed E-state index contributed by atoms with van der Waals surface area (Å²) in [6, 6.07) is 8.59. The minimum atomic E-state index is 0.0797. The first-order valence-corrected chi connectivity index (χ1v) is 8.71. The standard InChI is InChI=1S/C18H27N5O/c1-19-18(21-12-14-6-5-9-23(14)2)20-11-13-10-17(24)22-16-8-4-3-7-15(13)16/h3-4,7-8,13-14H,5-6,9-12H2,1-2H3,(H,22,24)(H2,19,20,21). The molecule has 1 amide bonds. The number of nitrogens with one attached hydrogen (secondary N) is 3. The molecule has 1 aromatic rings. The lowest BCUT2D eigenvalue weighted by Gasteiger charge is -2.27. The van der Waals surface area contributed by atoms with E-state index in [0.29, 0.717) is 19.0 Å². The first-order valence-electron chi connectivity index (χ1n) is 8.71. The monoisotopic (exact) mass is 329 g/mol. The molecule has 0 saturated carbocycles. The van der Waals surface area contributed by atoms with Crippen molar-refractivity contribution in [2.75, 3.05) is 39.0 Å². The Morgan fingerprint density at radius 3 is 2.88 bits per heavy atom. The lowest BCUT2D eigenvalue weighted by molar-refractivity contribution is -0.116. The molecule has 1 aromatic carbocycles. The molecule has 6 nitrogen and oxygen atoms in total. The Kier molecular flexibility index (Phi) is 5.35. The number of nitrogens with zero attached hydrogens (tertiary/aromatic N) is 2.